The van der Waals surface area contributed by atoms with E-state index in [4.69, 9.17) is 16.3 Å². The molecular weight excluding hydrogens is 498 g/mol. The Bertz CT molecular complexity index is 1260. The number of anilines is 1. The Morgan fingerprint density at radius 3 is 2.22 bits per heavy atom. The predicted octanol–water partition coefficient (Wildman–Crippen LogP) is 3.98. The predicted molar refractivity (Wildman–Crippen MR) is 142 cm³/mol. The van der Waals surface area contributed by atoms with Crippen molar-refractivity contribution in [3.8, 4) is 5.75 Å². The molecule has 190 valence electrons. The fraction of sp³-hybridized carbons (Fsp3) is 0.296. The van der Waals surface area contributed by atoms with Gasteiger partial charge in [-0.3, -0.25) is 4.79 Å². The van der Waals surface area contributed by atoms with Crippen molar-refractivity contribution in [2.75, 3.05) is 37.7 Å². The van der Waals surface area contributed by atoms with Crippen LogP contribution in [0.25, 0.3) is 0 Å². The van der Waals surface area contributed by atoms with Crippen molar-refractivity contribution < 1.29 is 17.9 Å². The van der Waals surface area contributed by atoms with Crippen molar-refractivity contribution in [2.45, 2.75) is 24.3 Å². The summed E-state index contributed by atoms with van der Waals surface area (Å²) in [6, 6.07) is 22.8. The van der Waals surface area contributed by atoms with Gasteiger partial charge in [0.2, 0.25) is 15.9 Å². The van der Waals surface area contributed by atoms with Gasteiger partial charge in [0.25, 0.3) is 0 Å². The molecule has 1 saturated heterocycles. The summed E-state index contributed by atoms with van der Waals surface area (Å²) in [5, 5.41) is 0.197. The van der Waals surface area contributed by atoms with Crippen molar-refractivity contribution in [1.29, 1.82) is 0 Å². The lowest BCUT2D eigenvalue weighted by molar-refractivity contribution is -0.133. The van der Waals surface area contributed by atoms with Gasteiger partial charge in [0.1, 0.15) is 11.8 Å². The summed E-state index contributed by atoms with van der Waals surface area (Å²) in [5.74, 6) is 0.165. The van der Waals surface area contributed by atoms with E-state index in [-0.39, 0.29) is 22.2 Å². The van der Waals surface area contributed by atoms with Crippen LogP contribution in [0.1, 0.15) is 12.5 Å². The van der Waals surface area contributed by atoms with E-state index in [0.717, 1.165) is 11.3 Å². The number of carbonyl (C=O) groups is 1. The second-order valence-corrected chi connectivity index (χ2v) is 10.7. The number of amides is 1. The number of rotatable bonds is 9. The third-order valence-electron chi connectivity index (χ3n) is 6.10. The monoisotopic (exact) mass is 527 g/mol. The molecule has 0 unspecified atom stereocenters. The summed E-state index contributed by atoms with van der Waals surface area (Å²) in [4.78, 5) is 17.5. The van der Waals surface area contributed by atoms with E-state index < -0.39 is 16.1 Å². The molecule has 9 heteroatoms. The van der Waals surface area contributed by atoms with E-state index in [9.17, 15) is 13.2 Å². The van der Waals surface area contributed by atoms with Crippen LogP contribution in [0, 0.1) is 0 Å². The first kappa shape index (κ1) is 26.0. The van der Waals surface area contributed by atoms with E-state index in [0.29, 0.717) is 38.5 Å². The minimum absolute atomic E-state index is 0.0179. The van der Waals surface area contributed by atoms with E-state index in [2.05, 4.69) is 9.62 Å². The Morgan fingerprint density at radius 2 is 1.61 bits per heavy atom. The fourth-order valence-corrected chi connectivity index (χ4v) is 5.76. The van der Waals surface area contributed by atoms with Crippen molar-refractivity contribution in [3.05, 3.63) is 89.4 Å². The summed E-state index contributed by atoms with van der Waals surface area (Å²) < 4.78 is 34.6. The number of nitrogens with one attached hydrogen (secondary N) is 1. The van der Waals surface area contributed by atoms with Crippen LogP contribution in [0.5, 0.6) is 5.75 Å². The van der Waals surface area contributed by atoms with Gasteiger partial charge in [0, 0.05) is 31.9 Å². The molecule has 36 heavy (non-hydrogen) atoms. The molecule has 0 spiro atoms. The number of sulfonamides is 1. The van der Waals surface area contributed by atoms with Crippen LogP contribution in [0.3, 0.4) is 0 Å². The Kier molecular flexibility index (Phi) is 8.51. The van der Waals surface area contributed by atoms with Gasteiger partial charge < -0.3 is 14.5 Å². The maximum absolute atomic E-state index is 13.6. The average molecular weight is 528 g/mol. The number of carbonyl (C=O) groups excluding carboxylic acids is 1. The van der Waals surface area contributed by atoms with Crippen molar-refractivity contribution in [1.82, 2.24) is 9.62 Å². The fourth-order valence-electron chi connectivity index (χ4n) is 4.25. The molecule has 1 aliphatic rings. The van der Waals surface area contributed by atoms with Gasteiger partial charge >= 0.3 is 0 Å². The molecular formula is C27H30ClN3O4S. The SMILES string of the molecule is CCOc1ccc(S(=O)(=O)N[C@H](Cc2ccccc2)C(=O)N2CCN(c3ccccc3)CC2)cc1Cl. The molecule has 0 saturated carbocycles. The number of halogens is 1. The second-order valence-electron chi connectivity index (χ2n) is 8.54. The molecule has 0 radical (unpaired) electrons. The highest BCUT2D eigenvalue weighted by atomic mass is 35.5. The maximum atomic E-state index is 13.6. The lowest BCUT2D eigenvalue weighted by Crippen LogP contribution is -2.55. The number of hydrogen-bond acceptors (Lipinski definition) is 5. The molecule has 0 aliphatic carbocycles. The van der Waals surface area contributed by atoms with Gasteiger partial charge in [-0.2, -0.15) is 4.72 Å². The second kappa shape index (κ2) is 11.8. The summed E-state index contributed by atoms with van der Waals surface area (Å²) in [5.41, 5.74) is 1.98. The number of nitrogens with zero attached hydrogens (tertiary/aromatic N) is 2. The number of ether oxygens (including phenoxy) is 1. The largest absolute Gasteiger partial charge is 0.492 e. The Labute approximate surface area is 217 Å². The van der Waals surface area contributed by atoms with Crippen molar-refractivity contribution in [2.24, 2.45) is 0 Å². The molecule has 3 aromatic rings. The topological polar surface area (TPSA) is 78.9 Å². The standard InChI is InChI=1S/C27H30ClN3O4S/c1-2-35-26-14-13-23(20-24(26)28)36(33,34)29-25(19-21-9-5-3-6-10-21)27(32)31-17-15-30(16-18-31)22-11-7-4-8-12-22/h3-14,20,25,29H,2,15-19H2,1H3/t25-/m1/s1. The Balaban J connectivity index is 1.52. The highest BCUT2D eigenvalue weighted by Crippen LogP contribution is 2.27. The van der Waals surface area contributed by atoms with Crippen molar-refractivity contribution >= 4 is 33.2 Å². The molecule has 1 aliphatic heterocycles. The highest BCUT2D eigenvalue weighted by molar-refractivity contribution is 7.89. The van der Waals surface area contributed by atoms with Crippen molar-refractivity contribution in [3.63, 3.8) is 0 Å². The zero-order valence-corrected chi connectivity index (χ0v) is 21.7. The Hall–Kier alpha value is -3.07. The summed E-state index contributed by atoms with van der Waals surface area (Å²) in [7, 11) is -4.02. The third-order valence-corrected chi connectivity index (χ3v) is 7.87. The third kappa shape index (κ3) is 6.37. The lowest BCUT2D eigenvalue weighted by Gasteiger charge is -2.37. The zero-order chi connectivity index (χ0) is 25.5. The molecule has 1 amide bonds. The summed E-state index contributed by atoms with van der Waals surface area (Å²) in [6.07, 6.45) is 0.239. The number of piperazine rings is 1. The Morgan fingerprint density at radius 1 is 0.972 bits per heavy atom. The molecule has 1 heterocycles. The molecule has 1 fully saturated rings. The van der Waals surface area contributed by atoms with Crippen LogP contribution in [0.15, 0.2) is 83.8 Å². The van der Waals surface area contributed by atoms with Crippen LogP contribution < -0.4 is 14.4 Å². The van der Waals surface area contributed by atoms with Crippen LogP contribution >= 0.6 is 11.6 Å². The van der Waals surface area contributed by atoms with Gasteiger partial charge in [-0.1, -0.05) is 60.1 Å². The van der Waals surface area contributed by atoms with E-state index >= 15 is 0 Å². The van der Waals surface area contributed by atoms with Gasteiger partial charge in [-0.25, -0.2) is 8.42 Å². The smallest absolute Gasteiger partial charge is 0.241 e. The van der Waals surface area contributed by atoms with Crippen LogP contribution in [0.4, 0.5) is 5.69 Å². The molecule has 1 N–H and O–H groups in total. The number of para-hydroxylation sites is 1. The molecule has 3 aromatic carbocycles. The molecule has 0 bridgehead atoms. The number of benzene rings is 3. The summed E-state index contributed by atoms with van der Waals surface area (Å²) >= 11 is 6.23. The average Bonchev–Trinajstić information content (AvgIpc) is 2.90. The zero-order valence-electron chi connectivity index (χ0n) is 20.1. The quantitative estimate of drug-likeness (QED) is 0.455. The van der Waals surface area contributed by atoms with E-state index in [1.165, 1.54) is 18.2 Å². The first-order valence-electron chi connectivity index (χ1n) is 11.9. The molecule has 1 atom stereocenters. The molecule has 7 nitrogen and oxygen atoms in total. The molecule has 0 aromatic heterocycles. The van der Waals surface area contributed by atoms with Crippen LogP contribution in [-0.4, -0.2) is 58.1 Å². The van der Waals surface area contributed by atoms with Gasteiger partial charge in [0.05, 0.1) is 16.5 Å². The minimum atomic E-state index is -4.02. The lowest BCUT2D eigenvalue weighted by atomic mass is 10.1. The first-order valence-corrected chi connectivity index (χ1v) is 13.8. The van der Waals surface area contributed by atoms with E-state index in [1.54, 1.807) is 4.90 Å². The minimum Gasteiger partial charge on any atom is -0.492 e. The number of hydrogen-bond donors (Lipinski definition) is 1. The highest BCUT2D eigenvalue weighted by Gasteiger charge is 2.31. The van der Waals surface area contributed by atoms with E-state index in [1.807, 2.05) is 67.6 Å². The van der Waals surface area contributed by atoms with Crippen LogP contribution in [0.2, 0.25) is 5.02 Å². The van der Waals surface area contributed by atoms with Crippen LogP contribution in [-0.2, 0) is 21.2 Å². The maximum Gasteiger partial charge on any atom is 0.241 e. The van der Waals surface area contributed by atoms with Gasteiger partial charge in [-0.05, 0) is 49.2 Å². The first-order chi connectivity index (χ1) is 17.4. The van der Waals surface area contributed by atoms with Gasteiger partial charge in [0.15, 0.2) is 0 Å². The molecule has 4 rings (SSSR count). The normalized spacial score (nSPS) is 14.9. The van der Waals surface area contributed by atoms with Gasteiger partial charge in [-0.15, -0.1) is 0 Å². The summed E-state index contributed by atoms with van der Waals surface area (Å²) in [6.45, 7) is 4.60.